The van der Waals surface area contributed by atoms with Crippen molar-refractivity contribution in [3.8, 4) is 0 Å². The Hall–Kier alpha value is -1.20. The molecule has 1 fully saturated rings. The van der Waals surface area contributed by atoms with Gasteiger partial charge in [-0.25, -0.2) is 4.98 Å². The van der Waals surface area contributed by atoms with Gasteiger partial charge in [0.15, 0.2) is 0 Å². The summed E-state index contributed by atoms with van der Waals surface area (Å²) in [5, 5.41) is 3.36. The van der Waals surface area contributed by atoms with Crippen molar-refractivity contribution < 1.29 is 0 Å². The molecule has 1 unspecified atom stereocenters. The van der Waals surface area contributed by atoms with Gasteiger partial charge < -0.3 is 10.3 Å². The Morgan fingerprint density at radius 2 is 2.00 bits per heavy atom. The standard InChI is InChI=1S/C15H26N4O/c1-5-11(19-8-6-16-7-9-19)14-17-12(15(2,3)4)10-13(20)18-14/h10-11,16H,5-9H2,1-4H3,(H,17,18,20). The van der Waals surface area contributed by atoms with Gasteiger partial charge >= 0.3 is 0 Å². The van der Waals surface area contributed by atoms with Crippen LogP contribution in [0.1, 0.15) is 51.7 Å². The Morgan fingerprint density at radius 1 is 1.35 bits per heavy atom. The number of aromatic nitrogens is 2. The first-order valence-electron chi connectivity index (χ1n) is 7.48. The van der Waals surface area contributed by atoms with Crippen molar-refractivity contribution in [1.29, 1.82) is 0 Å². The van der Waals surface area contributed by atoms with Gasteiger partial charge in [-0.3, -0.25) is 9.69 Å². The highest BCUT2D eigenvalue weighted by atomic mass is 16.1. The molecule has 1 aliphatic rings. The van der Waals surface area contributed by atoms with Crippen LogP contribution >= 0.6 is 0 Å². The second-order valence-electron chi connectivity index (χ2n) is 6.48. The lowest BCUT2D eigenvalue weighted by Gasteiger charge is -2.34. The van der Waals surface area contributed by atoms with Crippen molar-refractivity contribution in [3.05, 3.63) is 27.9 Å². The fourth-order valence-electron chi connectivity index (χ4n) is 2.64. The normalized spacial score (nSPS) is 19.0. The van der Waals surface area contributed by atoms with Crippen LogP contribution < -0.4 is 10.9 Å². The molecule has 0 radical (unpaired) electrons. The maximum Gasteiger partial charge on any atom is 0.251 e. The predicted molar refractivity (Wildman–Crippen MR) is 81.0 cm³/mol. The smallest absolute Gasteiger partial charge is 0.251 e. The lowest BCUT2D eigenvalue weighted by molar-refractivity contribution is 0.162. The van der Waals surface area contributed by atoms with Crippen molar-refractivity contribution >= 4 is 0 Å². The number of nitrogens with one attached hydrogen (secondary N) is 2. The highest BCUT2D eigenvalue weighted by Gasteiger charge is 2.25. The van der Waals surface area contributed by atoms with Crippen LogP contribution in [-0.4, -0.2) is 41.0 Å². The van der Waals surface area contributed by atoms with E-state index in [0.717, 1.165) is 44.1 Å². The van der Waals surface area contributed by atoms with Gasteiger partial charge in [-0.15, -0.1) is 0 Å². The maximum absolute atomic E-state index is 11.9. The molecule has 2 N–H and O–H groups in total. The quantitative estimate of drug-likeness (QED) is 0.878. The first-order chi connectivity index (χ1) is 9.41. The van der Waals surface area contributed by atoms with Crippen LogP contribution in [0.4, 0.5) is 0 Å². The van der Waals surface area contributed by atoms with Crippen LogP contribution in [-0.2, 0) is 5.41 Å². The average Bonchev–Trinajstić information content (AvgIpc) is 2.39. The van der Waals surface area contributed by atoms with E-state index in [9.17, 15) is 4.79 Å². The van der Waals surface area contributed by atoms with E-state index < -0.39 is 0 Å². The molecule has 0 aromatic carbocycles. The van der Waals surface area contributed by atoms with E-state index in [1.807, 2.05) is 0 Å². The van der Waals surface area contributed by atoms with Gasteiger partial charge in [0.2, 0.25) is 0 Å². The number of piperazine rings is 1. The summed E-state index contributed by atoms with van der Waals surface area (Å²) in [6, 6.07) is 1.82. The van der Waals surface area contributed by atoms with Crippen molar-refractivity contribution in [2.45, 2.75) is 45.6 Å². The van der Waals surface area contributed by atoms with Gasteiger partial charge in [0, 0.05) is 37.7 Å². The predicted octanol–water partition coefficient (Wildman–Crippen LogP) is 1.42. The SMILES string of the molecule is CCC(c1nc(C(C)(C)C)cc(=O)[nH]1)N1CCNCC1. The van der Waals surface area contributed by atoms with E-state index in [1.165, 1.54) is 0 Å². The molecule has 2 heterocycles. The molecule has 0 saturated carbocycles. The summed E-state index contributed by atoms with van der Waals surface area (Å²) in [4.78, 5) is 22.0. The zero-order chi connectivity index (χ0) is 14.8. The lowest BCUT2D eigenvalue weighted by atomic mass is 9.92. The van der Waals surface area contributed by atoms with E-state index in [-0.39, 0.29) is 17.0 Å². The van der Waals surface area contributed by atoms with Gasteiger partial charge in [-0.05, 0) is 6.42 Å². The first kappa shape index (κ1) is 15.2. The molecule has 1 saturated heterocycles. The van der Waals surface area contributed by atoms with Crippen molar-refractivity contribution in [3.63, 3.8) is 0 Å². The van der Waals surface area contributed by atoms with Crippen LogP contribution in [0.3, 0.4) is 0 Å². The second kappa shape index (κ2) is 6.06. The molecule has 2 rings (SSSR count). The molecule has 1 aromatic heterocycles. The highest BCUT2D eigenvalue weighted by molar-refractivity contribution is 5.14. The fourth-order valence-corrected chi connectivity index (χ4v) is 2.64. The molecular formula is C15H26N4O. The highest BCUT2D eigenvalue weighted by Crippen LogP contribution is 2.24. The molecular weight excluding hydrogens is 252 g/mol. The van der Waals surface area contributed by atoms with Crippen LogP contribution in [0, 0.1) is 0 Å². The Bertz CT molecular complexity index is 497. The molecule has 1 aromatic rings. The summed E-state index contributed by atoms with van der Waals surface area (Å²) in [6.07, 6.45) is 0.955. The third-order valence-electron chi connectivity index (χ3n) is 3.82. The van der Waals surface area contributed by atoms with Crippen molar-refractivity contribution in [2.24, 2.45) is 0 Å². The summed E-state index contributed by atoms with van der Waals surface area (Å²) < 4.78 is 0. The molecule has 1 aliphatic heterocycles. The summed E-state index contributed by atoms with van der Waals surface area (Å²) in [5.74, 6) is 0.812. The number of nitrogens with zero attached hydrogens (tertiary/aromatic N) is 2. The van der Waals surface area contributed by atoms with Gasteiger partial charge in [-0.2, -0.15) is 0 Å². The second-order valence-corrected chi connectivity index (χ2v) is 6.48. The third kappa shape index (κ3) is 3.46. The van der Waals surface area contributed by atoms with Crippen molar-refractivity contribution in [2.75, 3.05) is 26.2 Å². The van der Waals surface area contributed by atoms with E-state index in [0.29, 0.717) is 0 Å². The largest absolute Gasteiger partial charge is 0.314 e. The number of hydrogen-bond acceptors (Lipinski definition) is 4. The van der Waals surface area contributed by atoms with E-state index in [4.69, 9.17) is 4.98 Å². The zero-order valence-corrected chi connectivity index (χ0v) is 13.0. The van der Waals surface area contributed by atoms with Gasteiger partial charge in [0.05, 0.1) is 11.7 Å². The lowest BCUT2D eigenvalue weighted by Crippen LogP contribution is -2.45. The molecule has 1 atom stereocenters. The maximum atomic E-state index is 11.9. The fraction of sp³-hybridized carbons (Fsp3) is 0.733. The molecule has 0 amide bonds. The number of H-pyrrole nitrogens is 1. The summed E-state index contributed by atoms with van der Waals surface area (Å²) in [6.45, 7) is 12.4. The zero-order valence-electron chi connectivity index (χ0n) is 13.0. The van der Waals surface area contributed by atoms with Crippen LogP contribution in [0.15, 0.2) is 10.9 Å². The molecule has 0 aliphatic carbocycles. The Balaban J connectivity index is 2.34. The molecule has 5 nitrogen and oxygen atoms in total. The minimum Gasteiger partial charge on any atom is -0.314 e. The molecule has 0 spiro atoms. The monoisotopic (exact) mass is 278 g/mol. The minimum atomic E-state index is -0.106. The van der Waals surface area contributed by atoms with E-state index >= 15 is 0 Å². The Kier molecular flexibility index (Phi) is 4.60. The molecule has 0 bridgehead atoms. The topological polar surface area (TPSA) is 61.0 Å². The average molecular weight is 278 g/mol. The summed E-state index contributed by atoms with van der Waals surface area (Å²) in [5.41, 5.74) is 0.712. The summed E-state index contributed by atoms with van der Waals surface area (Å²) >= 11 is 0. The number of rotatable bonds is 3. The Labute approximate surface area is 120 Å². The van der Waals surface area contributed by atoms with Gasteiger partial charge in [-0.1, -0.05) is 27.7 Å². The molecule has 20 heavy (non-hydrogen) atoms. The Morgan fingerprint density at radius 3 is 2.55 bits per heavy atom. The van der Waals surface area contributed by atoms with E-state index in [1.54, 1.807) is 6.07 Å². The number of hydrogen-bond donors (Lipinski definition) is 2. The molecule has 112 valence electrons. The first-order valence-corrected chi connectivity index (χ1v) is 7.48. The minimum absolute atomic E-state index is 0.0477. The van der Waals surface area contributed by atoms with Gasteiger partial charge in [0.25, 0.3) is 5.56 Å². The van der Waals surface area contributed by atoms with Crippen LogP contribution in [0.5, 0.6) is 0 Å². The summed E-state index contributed by atoms with van der Waals surface area (Å²) in [7, 11) is 0. The van der Waals surface area contributed by atoms with Crippen LogP contribution in [0.2, 0.25) is 0 Å². The number of aromatic amines is 1. The van der Waals surface area contributed by atoms with Crippen LogP contribution in [0.25, 0.3) is 0 Å². The third-order valence-corrected chi connectivity index (χ3v) is 3.82. The van der Waals surface area contributed by atoms with Gasteiger partial charge in [0.1, 0.15) is 5.82 Å². The molecule has 5 heteroatoms. The van der Waals surface area contributed by atoms with Crippen molar-refractivity contribution in [1.82, 2.24) is 20.2 Å². The van der Waals surface area contributed by atoms with E-state index in [2.05, 4.69) is 42.9 Å².